The SMILES string of the molecule is CCCCC[N+](C)(CCCS(=O)(=O)O)CCOCCOCCC. The average Bonchev–Trinajstić information content (AvgIpc) is 2.45. The van der Waals surface area contributed by atoms with Gasteiger partial charge in [-0.1, -0.05) is 20.3 Å². The number of nitrogens with zero attached hydrogens (tertiary/aromatic N) is 1. The van der Waals surface area contributed by atoms with Gasteiger partial charge in [-0.15, -0.1) is 0 Å². The second-order valence-corrected chi connectivity index (χ2v) is 7.93. The second kappa shape index (κ2) is 13.1. The van der Waals surface area contributed by atoms with Gasteiger partial charge in [-0.2, -0.15) is 8.42 Å². The molecule has 0 amide bonds. The smallest absolute Gasteiger partial charge is 0.265 e. The van der Waals surface area contributed by atoms with Crippen molar-refractivity contribution in [2.45, 2.75) is 46.0 Å². The van der Waals surface area contributed by atoms with Gasteiger partial charge in [0.2, 0.25) is 0 Å². The summed E-state index contributed by atoms with van der Waals surface area (Å²) in [4.78, 5) is 0. The first kappa shape index (κ1) is 22.8. The lowest BCUT2D eigenvalue weighted by Gasteiger charge is -2.34. The van der Waals surface area contributed by atoms with Crippen LogP contribution >= 0.6 is 0 Å². The number of quaternary nitrogens is 1. The van der Waals surface area contributed by atoms with Crippen molar-refractivity contribution in [1.29, 1.82) is 0 Å². The van der Waals surface area contributed by atoms with Gasteiger partial charge in [-0.25, -0.2) is 0 Å². The molecule has 0 radical (unpaired) electrons. The molecule has 140 valence electrons. The largest absolute Gasteiger partial charge is 0.379 e. The Balaban J connectivity index is 4.10. The Morgan fingerprint density at radius 2 is 1.43 bits per heavy atom. The van der Waals surface area contributed by atoms with E-state index in [0.29, 0.717) is 26.2 Å². The number of hydrogen-bond donors (Lipinski definition) is 1. The maximum absolute atomic E-state index is 10.9. The van der Waals surface area contributed by atoms with Crippen LogP contribution in [0.3, 0.4) is 0 Å². The number of hydrogen-bond acceptors (Lipinski definition) is 4. The summed E-state index contributed by atoms with van der Waals surface area (Å²) in [7, 11) is -1.73. The van der Waals surface area contributed by atoms with Gasteiger partial charge in [0.05, 0.1) is 45.7 Å². The lowest BCUT2D eigenvalue weighted by molar-refractivity contribution is -0.910. The molecule has 0 saturated heterocycles. The summed E-state index contributed by atoms with van der Waals surface area (Å²) in [5.41, 5.74) is 0. The lowest BCUT2D eigenvalue weighted by atomic mass is 10.2. The summed E-state index contributed by atoms with van der Waals surface area (Å²) >= 11 is 0. The molecule has 1 N–H and O–H groups in total. The van der Waals surface area contributed by atoms with E-state index < -0.39 is 10.1 Å². The van der Waals surface area contributed by atoms with Crippen LogP contribution in [0.25, 0.3) is 0 Å². The molecule has 6 nitrogen and oxygen atoms in total. The number of unbranched alkanes of at least 4 members (excludes halogenated alkanes) is 2. The van der Waals surface area contributed by atoms with Crippen molar-refractivity contribution in [3.63, 3.8) is 0 Å². The van der Waals surface area contributed by atoms with E-state index in [-0.39, 0.29) is 5.75 Å². The maximum atomic E-state index is 10.9. The average molecular weight is 355 g/mol. The molecule has 0 fully saturated rings. The second-order valence-electron chi connectivity index (χ2n) is 6.36. The Morgan fingerprint density at radius 1 is 0.826 bits per heavy atom. The number of likely N-dealkylation sites (N-methyl/N-ethyl adjacent to an activating group) is 1. The summed E-state index contributed by atoms with van der Waals surface area (Å²) < 4.78 is 42.4. The molecule has 0 aliphatic rings. The molecule has 1 unspecified atom stereocenters. The van der Waals surface area contributed by atoms with E-state index in [0.717, 1.165) is 50.0 Å². The molecule has 1 atom stereocenters. The third kappa shape index (κ3) is 15.1. The molecule has 0 aromatic rings. The lowest BCUT2D eigenvalue weighted by Crippen LogP contribution is -2.48. The Morgan fingerprint density at radius 3 is 2.00 bits per heavy atom. The standard InChI is InChI=1S/C16H35NO5S/c1-4-6-7-9-17(3,10-8-16-23(18,19)20)11-13-22-15-14-21-12-5-2/h4-16H2,1-3H3/p+1. The Labute approximate surface area is 142 Å². The van der Waals surface area contributed by atoms with Crippen LogP contribution in [0, 0.1) is 0 Å². The van der Waals surface area contributed by atoms with E-state index in [1.165, 1.54) is 6.42 Å². The van der Waals surface area contributed by atoms with Crippen LogP contribution in [0.5, 0.6) is 0 Å². The molecule has 23 heavy (non-hydrogen) atoms. The summed E-state index contributed by atoms with van der Waals surface area (Å²) in [5, 5.41) is 0. The summed E-state index contributed by atoms with van der Waals surface area (Å²) in [5.74, 6) is -0.166. The predicted octanol–water partition coefficient (Wildman–Crippen LogP) is 2.34. The van der Waals surface area contributed by atoms with Gasteiger partial charge in [0, 0.05) is 13.0 Å². The van der Waals surface area contributed by atoms with E-state index in [2.05, 4.69) is 20.9 Å². The first-order valence-electron chi connectivity index (χ1n) is 8.77. The van der Waals surface area contributed by atoms with E-state index >= 15 is 0 Å². The summed E-state index contributed by atoms with van der Waals surface area (Å²) in [6.45, 7) is 9.47. The molecule has 0 aromatic heterocycles. The van der Waals surface area contributed by atoms with Crippen molar-refractivity contribution in [2.75, 3.05) is 58.9 Å². The summed E-state index contributed by atoms with van der Waals surface area (Å²) in [6, 6.07) is 0. The Hall–Kier alpha value is -0.210. The first-order valence-corrected chi connectivity index (χ1v) is 10.4. The molecule has 0 spiro atoms. The third-order valence-corrected chi connectivity index (χ3v) is 4.70. The topological polar surface area (TPSA) is 72.8 Å². The van der Waals surface area contributed by atoms with Crippen LogP contribution in [0.15, 0.2) is 0 Å². The monoisotopic (exact) mass is 354 g/mol. The van der Waals surface area contributed by atoms with E-state index in [1.807, 2.05) is 0 Å². The predicted molar refractivity (Wildman–Crippen MR) is 93.3 cm³/mol. The number of rotatable bonds is 16. The third-order valence-electron chi connectivity index (χ3n) is 3.90. The molecule has 0 saturated carbocycles. The van der Waals surface area contributed by atoms with E-state index in [4.69, 9.17) is 14.0 Å². The van der Waals surface area contributed by atoms with Crippen LogP contribution < -0.4 is 0 Å². The minimum Gasteiger partial charge on any atom is -0.379 e. The quantitative estimate of drug-likeness (QED) is 0.262. The fourth-order valence-corrected chi connectivity index (χ4v) is 2.95. The molecule has 7 heteroatoms. The van der Waals surface area contributed by atoms with Crippen LogP contribution in [0.4, 0.5) is 0 Å². The first-order chi connectivity index (χ1) is 10.8. The van der Waals surface area contributed by atoms with Crippen molar-refractivity contribution >= 4 is 10.1 Å². The molecule has 0 aliphatic heterocycles. The number of ether oxygens (including phenoxy) is 2. The van der Waals surface area contributed by atoms with Crippen molar-refractivity contribution in [1.82, 2.24) is 0 Å². The molecule has 0 rings (SSSR count). The van der Waals surface area contributed by atoms with Gasteiger partial charge in [0.25, 0.3) is 10.1 Å². The Kier molecular flexibility index (Phi) is 13.0. The van der Waals surface area contributed by atoms with Crippen molar-refractivity contribution in [2.24, 2.45) is 0 Å². The fraction of sp³-hybridized carbons (Fsp3) is 1.00. The highest BCUT2D eigenvalue weighted by atomic mass is 32.2. The van der Waals surface area contributed by atoms with Crippen molar-refractivity contribution in [3.8, 4) is 0 Å². The zero-order chi connectivity index (χ0) is 17.6. The van der Waals surface area contributed by atoms with Gasteiger partial charge in [-0.05, 0) is 19.3 Å². The normalized spacial score (nSPS) is 14.8. The van der Waals surface area contributed by atoms with Crippen LogP contribution in [-0.4, -0.2) is 76.3 Å². The van der Waals surface area contributed by atoms with Crippen LogP contribution in [-0.2, 0) is 19.6 Å². The molecule has 0 heterocycles. The van der Waals surface area contributed by atoms with E-state index in [9.17, 15) is 8.42 Å². The van der Waals surface area contributed by atoms with Gasteiger partial charge < -0.3 is 14.0 Å². The fourth-order valence-electron chi connectivity index (χ4n) is 2.46. The van der Waals surface area contributed by atoms with Gasteiger partial charge >= 0.3 is 0 Å². The highest BCUT2D eigenvalue weighted by molar-refractivity contribution is 7.85. The van der Waals surface area contributed by atoms with Crippen LogP contribution in [0.2, 0.25) is 0 Å². The molecule has 0 bridgehead atoms. The molecule has 0 aromatic carbocycles. The minimum atomic E-state index is -3.87. The van der Waals surface area contributed by atoms with Gasteiger partial charge in [0.1, 0.15) is 6.54 Å². The maximum Gasteiger partial charge on any atom is 0.265 e. The zero-order valence-corrected chi connectivity index (χ0v) is 15.9. The van der Waals surface area contributed by atoms with Gasteiger partial charge in [0.15, 0.2) is 0 Å². The molecular formula is C16H36NO5S+. The molecule has 0 aliphatic carbocycles. The minimum absolute atomic E-state index is 0.166. The highest BCUT2D eigenvalue weighted by Crippen LogP contribution is 2.09. The Bertz CT molecular complexity index is 375. The highest BCUT2D eigenvalue weighted by Gasteiger charge is 2.21. The van der Waals surface area contributed by atoms with Gasteiger partial charge in [-0.3, -0.25) is 4.55 Å². The van der Waals surface area contributed by atoms with Crippen LogP contribution in [0.1, 0.15) is 46.0 Å². The summed E-state index contributed by atoms with van der Waals surface area (Å²) in [6.07, 6.45) is 4.95. The molecular weight excluding hydrogens is 318 g/mol. The zero-order valence-electron chi connectivity index (χ0n) is 15.1. The van der Waals surface area contributed by atoms with Crippen molar-refractivity contribution in [3.05, 3.63) is 0 Å². The van der Waals surface area contributed by atoms with Crippen molar-refractivity contribution < 1.29 is 26.9 Å². The van der Waals surface area contributed by atoms with E-state index in [1.54, 1.807) is 0 Å².